The van der Waals surface area contributed by atoms with E-state index in [1.165, 1.54) is 0 Å². The Balaban J connectivity index is 0. The Morgan fingerprint density at radius 1 is 0.750 bits per heavy atom. The molecule has 0 radical (unpaired) electrons. The van der Waals surface area contributed by atoms with Crippen LogP contribution in [0.4, 0.5) is 0 Å². The Labute approximate surface area is 45.8 Å². The molecule has 0 aromatic carbocycles. The molecule has 0 bridgehead atoms. The van der Waals surface area contributed by atoms with Crippen molar-refractivity contribution < 1.29 is 28.0 Å². The van der Waals surface area contributed by atoms with E-state index in [0.717, 1.165) is 0 Å². The molecule has 4 heteroatoms. The molecule has 26 valence electrons. The SMILES string of the molecule is [Al+3].[Cu+].[O-2].[O-2]. The first kappa shape index (κ1) is 83.0. The van der Waals surface area contributed by atoms with E-state index in [1.807, 2.05) is 0 Å². The van der Waals surface area contributed by atoms with Crippen LogP contribution in [0.25, 0.3) is 0 Å². The van der Waals surface area contributed by atoms with E-state index in [9.17, 15) is 0 Å². The molecule has 0 saturated carbocycles. The molecule has 0 fully saturated rings. The summed E-state index contributed by atoms with van der Waals surface area (Å²) < 4.78 is 0. The molecule has 0 aromatic rings. The van der Waals surface area contributed by atoms with Gasteiger partial charge in [-0.25, -0.2) is 0 Å². The van der Waals surface area contributed by atoms with Crippen molar-refractivity contribution in [2.24, 2.45) is 0 Å². The van der Waals surface area contributed by atoms with E-state index in [0.29, 0.717) is 0 Å². The minimum absolute atomic E-state index is 0. The second-order valence-corrected chi connectivity index (χ2v) is 0. The van der Waals surface area contributed by atoms with Gasteiger partial charge in [0.1, 0.15) is 0 Å². The van der Waals surface area contributed by atoms with Gasteiger partial charge in [0, 0.05) is 0 Å². The first-order chi connectivity index (χ1) is 0. The molecule has 0 atom stereocenters. The number of hydrogen-bond acceptors (Lipinski definition) is 0. The zero-order chi connectivity index (χ0) is 0. The maximum Gasteiger partial charge on any atom is 3.00 e. The molecular weight excluding hydrogens is 123 g/mol. The van der Waals surface area contributed by atoms with E-state index in [1.54, 1.807) is 0 Å². The third kappa shape index (κ3) is 12.2. The Bertz CT molecular complexity index is 6.00. The molecule has 0 spiro atoms. The molecule has 0 saturated heterocycles. The third-order valence-electron chi connectivity index (χ3n) is 0. The van der Waals surface area contributed by atoms with Crippen molar-refractivity contribution in [1.29, 1.82) is 0 Å². The topological polar surface area (TPSA) is 57.0 Å². The van der Waals surface area contributed by atoms with Gasteiger partial charge >= 0.3 is 34.4 Å². The van der Waals surface area contributed by atoms with Crippen LogP contribution in [0.3, 0.4) is 0 Å². The van der Waals surface area contributed by atoms with E-state index in [-0.39, 0.29) is 45.4 Å². The molecule has 0 amide bonds. The summed E-state index contributed by atoms with van der Waals surface area (Å²) in [5.74, 6) is 0. The predicted molar refractivity (Wildman–Crippen MR) is 7.13 cm³/mol. The Morgan fingerprint density at radius 3 is 0.750 bits per heavy atom. The van der Waals surface area contributed by atoms with Crippen LogP contribution in [0.2, 0.25) is 0 Å². The third-order valence-corrected chi connectivity index (χ3v) is 0. The fraction of sp³-hybridized carbons (Fsp3) is 0. The standard InChI is InChI=1S/Al.Cu.2O/q+3;+1;2*-2. The molecule has 2 nitrogen and oxygen atoms in total. The summed E-state index contributed by atoms with van der Waals surface area (Å²) in [7, 11) is 0. The van der Waals surface area contributed by atoms with Crippen molar-refractivity contribution in [2.45, 2.75) is 0 Å². The summed E-state index contributed by atoms with van der Waals surface area (Å²) in [5, 5.41) is 0. The predicted octanol–water partition coefficient (Wildman–Crippen LogP) is -0.621. The van der Waals surface area contributed by atoms with Crippen LogP contribution in [0.15, 0.2) is 0 Å². The van der Waals surface area contributed by atoms with Gasteiger partial charge in [-0.3, -0.25) is 0 Å². The van der Waals surface area contributed by atoms with Gasteiger partial charge in [-0.15, -0.1) is 0 Å². The summed E-state index contributed by atoms with van der Waals surface area (Å²) >= 11 is 0. The number of rotatable bonds is 0. The molecule has 0 aromatic heterocycles. The van der Waals surface area contributed by atoms with Gasteiger partial charge < -0.3 is 11.0 Å². The number of hydrogen-bond donors (Lipinski definition) is 0. The van der Waals surface area contributed by atoms with Crippen LogP contribution in [0.1, 0.15) is 0 Å². The van der Waals surface area contributed by atoms with Gasteiger partial charge in [0.25, 0.3) is 0 Å². The van der Waals surface area contributed by atoms with Crippen LogP contribution in [0, 0.1) is 0 Å². The quantitative estimate of drug-likeness (QED) is 0.385. The van der Waals surface area contributed by atoms with Crippen LogP contribution in [0.5, 0.6) is 0 Å². The van der Waals surface area contributed by atoms with Gasteiger partial charge in [0.05, 0.1) is 0 Å². The molecule has 0 aliphatic heterocycles. The largest absolute Gasteiger partial charge is 3.00 e. The van der Waals surface area contributed by atoms with E-state index < -0.39 is 0 Å². The van der Waals surface area contributed by atoms with Crippen LogP contribution < -0.4 is 0 Å². The zero-order valence-electron chi connectivity index (χ0n) is 1.70. The van der Waals surface area contributed by atoms with Crippen LogP contribution in [-0.4, -0.2) is 17.4 Å². The first-order valence-electron chi connectivity index (χ1n) is 0. The van der Waals surface area contributed by atoms with Crippen molar-refractivity contribution in [3.05, 3.63) is 0 Å². The summed E-state index contributed by atoms with van der Waals surface area (Å²) in [6.07, 6.45) is 0. The van der Waals surface area contributed by atoms with Crippen molar-refractivity contribution in [1.82, 2.24) is 0 Å². The van der Waals surface area contributed by atoms with Crippen molar-refractivity contribution in [2.75, 3.05) is 0 Å². The van der Waals surface area contributed by atoms with Gasteiger partial charge in [-0.2, -0.15) is 0 Å². The fourth-order valence-corrected chi connectivity index (χ4v) is 0. The van der Waals surface area contributed by atoms with Gasteiger partial charge in [0.2, 0.25) is 0 Å². The zero-order valence-corrected chi connectivity index (χ0v) is 3.79. The second-order valence-electron chi connectivity index (χ2n) is 0. The molecule has 0 unspecified atom stereocenters. The monoisotopic (exact) mass is 122 g/mol. The molecule has 0 N–H and O–H groups in total. The van der Waals surface area contributed by atoms with Crippen molar-refractivity contribution in [3.8, 4) is 0 Å². The van der Waals surface area contributed by atoms with Crippen LogP contribution >= 0.6 is 0 Å². The molecule has 0 heterocycles. The smallest absolute Gasteiger partial charge is 2.00 e. The van der Waals surface area contributed by atoms with Crippen molar-refractivity contribution >= 4 is 17.4 Å². The summed E-state index contributed by atoms with van der Waals surface area (Å²) in [6.45, 7) is 0. The molecule has 0 rings (SSSR count). The Hall–Kier alpha value is 0.972. The molecule has 0 aliphatic carbocycles. The van der Waals surface area contributed by atoms with Gasteiger partial charge in [0.15, 0.2) is 0 Å². The average Bonchev–Trinajstić information content (AvgIpc) is 0. The molecular formula is AlCuO2. The summed E-state index contributed by atoms with van der Waals surface area (Å²) in [5.41, 5.74) is 0. The van der Waals surface area contributed by atoms with E-state index >= 15 is 0 Å². The maximum atomic E-state index is 0. The molecule has 4 heavy (non-hydrogen) atoms. The molecule has 0 aliphatic rings. The van der Waals surface area contributed by atoms with E-state index in [4.69, 9.17) is 0 Å². The Morgan fingerprint density at radius 2 is 0.750 bits per heavy atom. The second kappa shape index (κ2) is 37.1. The van der Waals surface area contributed by atoms with Gasteiger partial charge in [-0.05, 0) is 0 Å². The first-order valence-corrected chi connectivity index (χ1v) is 0. The van der Waals surface area contributed by atoms with Crippen LogP contribution in [-0.2, 0) is 28.0 Å². The van der Waals surface area contributed by atoms with Crippen molar-refractivity contribution in [3.63, 3.8) is 0 Å². The average molecular weight is 123 g/mol. The minimum Gasteiger partial charge on any atom is -2.00 e. The summed E-state index contributed by atoms with van der Waals surface area (Å²) in [6, 6.07) is 0. The summed E-state index contributed by atoms with van der Waals surface area (Å²) in [4.78, 5) is 0. The minimum atomic E-state index is 0. The van der Waals surface area contributed by atoms with Gasteiger partial charge in [-0.1, -0.05) is 0 Å². The normalized spacial score (nSPS) is 0. The Kier molecular flexibility index (Phi) is 771. The maximum absolute atomic E-state index is 0. The fourth-order valence-electron chi connectivity index (χ4n) is 0. The van der Waals surface area contributed by atoms with E-state index in [2.05, 4.69) is 0 Å².